The third-order valence-electron chi connectivity index (χ3n) is 2.41. The maximum Gasteiger partial charge on any atom is 0.343 e. The number of aryl methyl sites for hydroxylation is 1. The predicted octanol–water partition coefficient (Wildman–Crippen LogP) is 1.85. The van der Waals surface area contributed by atoms with Gasteiger partial charge in [0.2, 0.25) is 0 Å². The highest BCUT2D eigenvalue weighted by Gasteiger charge is 2.16. The quantitative estimate of drug-likeness (QED) is 0.512. The number of hydrogen-bond acceptors (Lipinski definition) is 7. The summed E-state index contributed by atoms with van der Waals surface area (Å²) in [4.78, 5) is 20.3. The summed E-state index contributed by atoms with van der Waals surface area (Å²) in [6.07, 6.45) is 6.77. The van der Waals surface area contributed by atoms with Crippen molar-refractivity contribution in [2.75, 3.05) is 18.2 Å². The van der Waals surface area contributed by atoms with Gasteiger partial charge in [0.25, 0.3) is 0 Å². The van der Waals surface area contributed by atoms with Crippen LogP contribution < -0.4 is 5.32 Å². The number of ether oxygens (including phenoxy) is 1. The van der Waals surface area contributed by atoms with Crippen molar-refractivity contribution >= 4 is 29.2 Å². The zero-order chi connectivity index (χ0) is 14.5. The summed E-state index contributed by atoms with van der Waals surface area (Å²) in [6.45, 7) is 2.05. The van der Waals surface area contributed by atoms with E-state index in [1.54, 1.807) is 24.0 Å². The lowest BCUT2D eigenvalue weighted by Gasteiger charge is -2.09. The zero-order valence-corrected chi connectivity index (χ0v) is 12.3. The topological polar surface area (TPSA) is 81.9 Å². The molecular weight excluding hydrogens is 278 g/mol. The van der Waals surface area contributed by atoms with Gasteiger partial charge in [-0.1, -0.05) is 11.8 Å². The van der Waals surface area contributed by atoms with E-state index in [-0.39, 0.29) is 0 Å². The first-order valence-corrected chi connectivity index (χ1v) is 7.20. The van der Waals surface area contributed by atoms with Crippen LogP contribution in [0.15, 0.2) is 23.7 Å². The molecule has 0 aromatic carbocycles. The van der Waals surface area contributed by atoms with Crippen molar-refractivity contribution in [3.05, 3.63) is 24.2 Å². The first-order chi connectivity index (χ1) is 9.63. The molecule has 1 N–H and O–H groups in total. The fourth-order valence-corrected chi connectivity index (χ4v) is 1.88. The van der Waals surface area contributed by atoms with Gasteiger partial charge < -0.3 is 10.1 Å². The van der Waals surface area contributed by atoms with E-state index in [4.69, 9.17) is 4.74 Å². The van der Waals surface area contributed by atoms with Crippen LogP contribution in [0.1, 0.15) is 17.3 Å². The molecule has 0 spiro atoms. The molecule has 7 nitrogen and oxygen atoms in total. The van der Waals surface area contributed by atoms with E-state index in [0.29, 0.717) is 23.1 Å². The van der Waals surface area contributed by atoms with E-state index in [2.05, 4.69) is 20.4 Å². The lowest BCUT2D eigenvalue weighted by molar-refractivity contribution is 0.0526. The monoisotopic (exact) mass is 293 g/mol. The second kappa shape index (κ2) is 6.38. The molecule has 0 saturated heterocycles. The zero-order valence-electron chi connectivity index (χ0n) is 11.5. The van der Waals surface area contributed by atoms with Crippen molar-refractivity contribution < 1.29 is 9.53 Å². The Balaban J connectivity index is 2.34. The first kappa shape index (κ1) is 14.3. The van der Waals surface area contributed by atoms with E-state index in [1.807, 2.05) is 13.3 Å². The third-order valence-corrected chi connectivity index (χ3v) is 2.97. The molecule has 0 bridgehead atoms. The number of nitrogens with one attached hydrogen (secondary N) is 1. The molecule has 0 atom stereocenters. The van der Waals surface area contributed by atoms with Gasteiger partial charge in [-0.05, 0) is 13.2 Å². The average Bonchev–Trinajstić information content (AvgIpc) is 2.84. The van der Waals surface area contributed by atoms with Gasteiger partial charge in [0, 0.05) is 19.4 Å². The molecule has 0 fully saturated rings. The van der Waals surface area contributed by atoms with Crippen LogP contribution in [0.4, 0.5) is 11.5 Å². The van der Waals surface area contributed by atoms with Gasteiger partial charge in [0.05, 0.1) is 18.5 Å². The van der Waals surface area contributed by atoms with Crippen LogP contribution >= 0.6 is 11.8 Å². The molecule has 20 heavy (non-hydrogen) atoms. The van der Waals surface area contributed by atoms with E-state index in [1.165, 1.54) is 18.0 Å². The van der Waals surface area contributed by atoms with Crippen molar-refractivity contribution in [2.45, 2.75) is 12.1 Å². The molecule has 106 valence electrons. The fourth-order valence-electron chi connectivity index (χ4n) is 1.54. The van der Waals surface area contributed by atoms with Gasteiger partial charge in [0.15, 0.2) is 5.16 Å². The highest BCUT2D eigenvalue weighted by atomic mass is 32.2. The van der Waals surface area contributed by atoms with Crippen LogP contribution in [0, 0.1) is 0 Å². The number of hydrogen-bond donors (Lipinski definition) is 1. The first-order valence-electron chi connectivity index (χ1n) is 5.98. The normalized spacial score (nSPS) is 10.3. The van der Waals surface area contributed by atoms with Crippen molar-refractivity contribution in [1.82, 2.24) is 19.7 Å². The van der Waals surface area contributed by atoms with Crippen LogP contribution in [0.3, 0.4) is 0 Å². The Kier molecular flexibility index (Phi) is 4.57. The molecule has 0 aliphatic carbocycles. The molecule has 0 aliphatic rings. The van der Waals surface area contributed by atoms with E-state index < -0.39 is 5.97 Å². The van der Waals surface area contributed by atoms with Gasteiger partial charge in [0.1, 0.15) is 11.4 Å². The molecule has 0 aliphatic heterocycles. The lowest BCUT2D eigenvalue weighted by atomic mass is 10.3. The highest BCUT2D eigenvalue weighted by Crippen LogP contribution is 2.21. The summed E-state index contributed by atoms with van der Waals surface area (Å²) >= 11 is 1.40. The molecule has 0 amide bonds. The Morgan fingerprint density at radius 2 is 2.30 bits per heavy atom. The maximum atomic E-state index is 11.9. The minimum Gasteiger partial charge on any atom is -0.462 e. The summed E-state index contributed by atoms with van der Waals surface area (Å²) in [6, 6.07) is 0. The van der Waals surface area contributed by atoms with E-state index in [0.717, 1.165) is 5.69 Å². The standard InChI is InChI=1S/C12H15N5O2S/c1-4-19-11(18)9-6-13-12(20-3)16-10(9)15-8-5-14-17(2)7-8/h5-7H,4H2,1-3H3,(H,13,15,16). The maximum absolute atomic E-state index is 11.9. The van der Waals surface area contributed by atoms with Crippen molar-refractivity contribution in [2.24, 2.45) is 7.05 Å². The molecule has 0 radical (unpaired) electrons. The van der Waals surface area contributed by atoms with E-state index in [9.17, 15) is 4.79 Å². The van der Waals surface area contributed by atoms with Crippen molar-refractivity contribution in [3.8, 4) is 0 Å². The number of nitrogens with zero attached hydrogens (tertiary/aromatic N) is 4. The fraction of sp³-hybridized carbons (Fsp3) is 0.333. The summed E-state index contributed by atoms with van der Waals surface area (Å²) in [5.41, 5.74) is 1.04. The minimum absolute atomic E-state index is 0.300. The van der Waals surface area contributed by atoms with Crippen LogP contribution in [-0.2, 0) is 11.8 Å². The number of aromatic nitrogens is 4. The Bertz CT molecular complexity index is 614. The van der Waals surface area contributed by atoms with Crippen molar-refractivity contribution in [3.63, 3.8) is 0 Å². The molecule has 2 aromatic heterocycles. The van der Waals surface area contributed by atoms with E-state index >= 15 is 0 Å². The van der Waals surface area contributed by atoms with Gasteiger partial charge in [-0.3, -0.25) is 4.68 Å². The lowest BCUT2D eigenvalue weighted by Crippen LogP contribution is -2.10. The molecule has 2 rings (SSSR count). The second-order valence-electron chi connectivity index (χ2n) is 3.87. The van der Waals surface area contributed by atoms with Crippen molar-refractivity contribution in [1.29, 1.82) is 0 Å². The summed E-state index contributed by atoms with van der Waals surface area (Å²) in [7, 11) is 1.81. The largest absolute Gasteiger partial charge is 0.462 e. The number of carbonyl (C=O) groups excluding carboxylic acids is 1. The Hall–Kier alpha value is -2.09. The Morgan fingerprint density at radius 3 is 2.90 bits per heavy atom. The number of thioether (sulfide) groups is 1. The summed E-state index contributed by atoms with van der Waals surface area (Å²) in [5.74, 6) is -0.0395. The SMILES string of the molecule is CCOC(=O)c1cnc(SC)nc1Nc1cnn(C)c1. The van der Waals surface area contributed by atoms with Gasteiger partial charge in [-0.15, -0.1) is 0 Å². The van der Waals surface area contributed by atoms with Gasteiger partial charge in [-0.25, -0.2) is 14.8 Å². The third kappa shape index (κ3) is 3.27. The summed E-state index contributed by atoms with van der Waals surface area (Å²) < 4.78 is 6.65. The van der Waals surface area contributed by atoms with Crippen LogP contribution in [-0.4, -0.2) is 38.6 Å². The molecule has 2 aromatic rings. The number of carbonyl (C=O) groups is 1. The molecule has 0 unspecified atom stereocenters. The average molecular weight is 293 g/mol. The Labute approximate surface area is 120 Å². The Morgan fingerprint density at radius 1 is 1.50 bits per heavy atom. The van der Waals surface area contributed by atoms with Gasteiger partial charge in [-0.2, -0.15) is 5.10 Å². The summed E-state index contributed by atoms with van der Waals surface area (Å²) in [5, 5.41) is 7.69. The van der Waals surface area contributed by atoms with Crippen LogP contribution in [0.5, 0.6) is 0 Å². The van der Waals surface area contributed by atoms with Crippen LogP contribution in [0.25, 0.3) is 0 Å². The highest BCUT2D eigenvalue weighted by molar-refractivity contribution is 7.98. The number of anilines is 2. The number of rotatable bonds is 5. The smallest absolute Gasteiger partial charge is 0.343 e. The molecular formula is C12H15N5O2S. The van der Waals surface area contributed by atoms with Gasteiger partial charge >= 0.3 is 5.97 Å². The molecule has 8 heteroatoms. The van der Waals surface area contributed by atoms with Crippen LogP contribution in [0.2, 0.25) is 0 Å². The predicted molar refractivity (Wildman–Crippen MR) is 76.3 cm³/mol. The minimum atomic E-state index is -0.452. The number of esters is 1. The second-order valence-corrected chi connectivity index (χ2v) is 4.64. The molecule has 0 saturated carbocycles. The molecule has 2 heterocycles.